The highest BCUT2D eigenvalue weighted by atomic mass is 16.5. The molecule has 3 heterocycles. The number of nitrogens with zero attached hydrogens (tertiary/aromatic N) is 3. The molecule has 3 aromatic heterocycles. The first-order chi connectivity index (χ1) is 12.9. The third kappa shape index (κ3) is 3.84. The normalized spacial score (nSPS) is 11.0. The lowest BCUT2D eigenvalue weighted by Crippen LogP contribution is -2.11. The van der Waals surface area contributed by atoms with Gasteiger partial charge >= 0.3 is 11.9 Å². The van der Waals surface area contributed by atoms with Gasteiger partial charge in [-0.15, -0.1) is 0 Å². The number of esters is 2. The molecule has 0 aliphatic heterocycles. The van der Waals surface area contributed by atoms with Crippen molar-refractivity contribution in [2.45, 2.75) is 40.2 Å². The van der Waals surface area contributed by atoms with Crippen molar-refractivity contribution in [2.75, 3.05) is 7.11 Å². The Kier molecular flexibility index (Phi) is 5.25. The van der Waals surface area contributed by atoms with Gasteiger partial charge < -0.3 is 13.9 Å². The van der Waals surface area contributed by atoms with Crippen LogP contribution in [0.15, 0.2) is 22.8 Å². The van der Waals surface area contributed by atoms with Gasteiger partial charge in [-0.05, 0) is 38.8 Å². The third-order valence-electron chi connectivity index (χ3n) is 4.38. The van der Waals surface area contributed by atoms with Crippen LogP contribution in [0, 0.1) is 20.8 Å². The summed E-state index contributed by atoms with van der Waals surface area (Å²) in [6.07, 6.45) is 2.03. The number of carbonyl (C=O) groups excluding carboxylic acids is 2. The molecule has 0 fully saturated rings. The monoisotopic (exact) mass is 371 g/mol. The SMILES string of the molecule is COC(=O)c1ccoc1COC(=O)CCc1c(C)nc2cc(C)nn2c1C. The van der Waals surface area contributed by atoms with E-state index in [1.54, 1.807) is 4.52 Å². The lowest BCUT2D eigenvalue weighted by molar-refractivity contribution is -0.145. The Labute approximate surface area is 156 Å². The van der Waals surface area contributed by atoms with Crippen molar-refractivity contribution < 1.29 is 23.5 Å². The van der Waals surface area contributed by atoms with Gasteiger partial charge in [-0.2, -0.15) is 5.10 Å². The molecule has 3 aromatic rings. The molecule has 142 valence electrons. The van der Waals surface area contributed by atoms with E-state index in [1.165, 1.54) is 19.4 Å². The van der Waals surface area contributed by atoms with E-state index in [4.69, 9.17) is 9.15 Å². The molecule has 0 bridgehead atoms. The molecule has 0 atom stereocenters. The molecule has 0 N–H and O–H groups in total. The van der Waals surface area contributed by atoms with Crippen LogP contribution in [0.1, 0.15) is 45.2 Å². The molecular weight excluding hydrogens is 350 g/mol. The summed E-state index contributed by atoms with van der Waals surface area (Å²) < 4.78 is 16.9. The number of aryl methyl sites for hydroxylation is 3. The molecule has 0 unspecified atom stereocenters. The zero-order valence-corrected chi connectivity index (χ0v) is 15.7. The van der Waals surface area contributed by atoms with Crippen LogP contribution in [0.2, 0.25) is 0 Å². The number of fused-ring (bicyclic) bond motifs is 1. The minimum Gasteiger partial charge on any atom is -0.465 e. The maximum Gasteiger partial charge on any atom is 0.341 e. The Morgan fingerprint density at radius 1 is 1.26 bits per heavy atom. The van der Waals surface area contributed by atoms with E-state index in [9.17, 15) is 9.59 Å². The van der Waals surface area contributed by atoms with Gasteiger partial charge in [0.05, 0.1) is 19.1 Å². The van der Waals surface area contributed by atoms with Crippen LogP contribution in [0.3, 0.4) is 0 Å². The summed E-state index contributed by atoms with van der Waals surface area (Å²) in [5.41, 5.74) is 4.73. The van der Waals surface area contributed by atoms with Crippen molar-refractivity contribution in [1.29, 1.82) is 0 Å². The molecule has 0 aliphatic carbocycles. The summed E-state index contributed by atoms with van der Waals surface area (Å²) in [6.45, 7) is 5.67. The Hall–Kier alpha value is -3.16. The summed E-state index contributed by atoms with van der Waals surface area (Å²) in [7, 11) is 1.28. The van der Waals surface area contributed by atoms with Gasteiger partial charge in [0.2, 0.25) is 0 Å². The minimum absolute atomic E-state index is 0.121. The van der Waals surface area contributed by atoms with Gasteiger partial charge in [-0.25, -0.2) is 14.3 Å². The quantitative estimate of drug-likeness (QED) is 0.615. The highest BCUT2D eigenvalue weighted by Crippen LogP contribution is 2.18. The Bertz CT molecular complexity index is 1000. The van der Waals surface area contributed by atoms with Gasteiger partial charge in [0, 0.05) is 23.9 Å². The van der Waals surface area contributed by atoms with Crippen LogP contribution in [0.5, 0.6) is 0 Å². The van der Waals surface area contributed by atoms with Gasteiger partial charge in [0.25, 0.3) is 0 Å². The number of methoxy groups -OCH3 is 1. The fourth-order valence-corrected chi connectivity index (χ4v) is 2.99. The topological polar surface area (TPSA) is 95.9 Å². The molecule has 0 aromatic carbocycles. The third-order valence-corrected chi connectivity index (χ3v) is 4.38. The molecule has 8 heteroatoms. The van der Waals surface area contributed by atoms with Gasteiger partial charge in [-0.3, -0.25) is 4.79 Å². The summed E-state index contributed by atoms with van der Waals surface area (Å²) in [5.74, 6) is -0.662. The second kappa shape index (κ2) is 7.61. The number of hydrogen-bond donors (Lipinski definition) is 0. The summed E-state index contributed by atoms with van der Waals surface area (Å²) in [5, 5.41) is 4.43. The van der Waals surface area contributed by atoms with Crippen LogP contribution >= 0.6 is 0 Å². The summed E-state index contributed by atoms with van der Waals surface area (Å²) >= 11 is 0. The molecule has 8 nitrogen and oxygen atoms in total. The number of ether oxygens (including phenoxy) is 2. The molecule has 0 amide bonds. The van der Waals surface area contributed by atoms with Crippen molar-refractivity contribution in [3.63, 3.8) is 0 Å². The van der Waals surface area contributed by atoms with E-state index in [0.29, 0.717) is 6.42 Å². The van der Waals surface area contributed by atoms with E-state index >= 15 is 0 Å². The van der Waals surface area contributed by atoms with Crippen molar-refractivity contribution in [3.05, 3.63) is 52.4 Å². The van der Waals surface area contributed by atoms with E-state index in [2.05, 4.69) is 14.8 Å². The van der Waals surface area contributed by atoms with Gasteiger partial charge in [0.1, 0.15) is 12.2 Å². The fraction of sp³-hybridized carbons (Fsp3) is 0.368. The first-order valence-electron chi connectivity index (χ1n) is 8.53. The second-order valence-corrected chi connectivity index (χ2v) is 6.23. The molecule has 0 saturated heterocycles. The predicted octanol–water partition coefficient (Wildman–Crippen LogP) is 2.71. The molecule has 0 radical (unpaired) electrons. The van der Waals surface area contributed by atoms with E-state index < -0.39 is 11.9 Å². The fourth-order valence-electron chi connectivity index (χ4n) is 2.99. The first kappa shape index (κ1) is 18.6. The van der Waals surface area contributed by atoms with Gasteiger partial charge in [-0.1, -0.05) is 0 Å². The minimum atomic E-state index is -0.532. The maximum absolute atomic E-state index is 12.1. The standard InChI is InChI=1S/C19H21N3O5/c1-11-9-17-20-12(2)14(13(3)22(17)21-11)5-6-18(23)27-10-16-15(7-8-26-16)19(24)25-4/h7-9H,5-6,10H2,1-4H3. The van der Waals surface area contributed by atoms with Crippen LogP contribution in [-0.4, -0.2) is 33.6 Å². The molecule has 27 heavy (non-hydrogen) atoms. The lowest BCUT2D eigenvalue weighted by Gasteiger charge is -2.11. The Morgan fingerprint density at radius 3 is 2.78 bits per heavy atom. The number of carbonyl (C=O) groups is 2. The average molecular weight is 371 g/mol. The number of rotatable bonds is 6. The molecule has 0 aliphatic rings. The molecule has 3 rings (SSSR count). The number of furan rings is 1. The highest BCUT2D eigenvalue weighted by Gasteiger charge is 2.17. The lowest BCUT2D eigenvalue weighted by atomic mass is 10.1. The van der Waals surface area contributed by atoms with Crippen LogP contribution < -0.4 is 0 Å². The summed E-state index contributed by atoms with van der Waals surface area (Å²) in [4.78, 5) is 28.3. The average Bonchev–Trinajstić information content (AvgIpc) is 3.25. The second-order valence-electron chi connectivity index (χ2n) is 6.23. The van der Waals surface area contributed by atoms with Crippen LogP contribution in [0.4, 0.5) is 0 Å². The molecular formula is C19H21N3O5. The van der Waals surface area contributed by atoms with E-state index in [1.807, 2.05) is 26.8 Å². The zero-order chi connectivity index (χ0) is 19.6. The Balaban J connectivity index is 1.64. The largest absolute Gasteiger partial charge is 0.465 e. The number of aromatic nitrogens is 3. The first-order valence-corrected chi connectivity index (χ1v) is 8.53. The van der Waals surface area contributed by atoms with Gasteiger partial charge in [0.15, 0.2) is 11.4 Å². The van der Waals surface area contributed by atoms with Crippen molar-refractivity contribution in [3.8, 4) is 0 Å². The van der Waals surface area contributed by atoms with E-state index in [-0.39, 0.29) is 24.4 Å². The van der Waals surface area contributed by atoms with Crippen molar-refractivity contribution in [2.24, 2.45) is 0 Å². The zero-order valence-electron chi connectivity index (χ0n) is 15.7. The molecule has 0 saturated carbocycles. The number of hydrogen-bond acceptors (Lipinski definition) is 7. The van der Waals surface area contributed by atoms with Crippen molar-refractivity contribution >= 4 is 17.6 Å². The molecule has 0 spiro atoms. The predicted molar refractivity (Wildman–Crippen MR) is 95.4 cm³/mol. The summed E-state index contributed by atoms with van der Waals surface area (Å²) in [6, 6.07) is 3.40. The van der Waals surface area contributed by atoms with Crippen LogP contribution in [-0.2, 0) is 27.3 Å². The highest BCUT2D eigenvalue weighted by molar-refractivity contribution is 5.90. The Morgan fingerprint density at radius 2 is 2.04 bits per heavy atom. The maximum atomic E-state index is 12.1. The smallest absolute Gasteiger partial charge is 0.341 e. The van der Waals surface area contributed by atoms with E-state index in [0.717, 1.165) is 28.3 Å². The van der Waals surface area contributed by atoms with Crippen molar-refractivity contribution in [1.82, 2.24) is 14.6 Å². The van der Waals surface area contributed by atoms with Crippen LogP contribution in [0.25, 0.3) is 5.65 Å².